The predicted molar refractivity (Wildman–Crippen MR) is 80.9 cm³/mol. The maximum absolute atomic E-state index is 12.5. The van der Waals surface area contributed by atoms with E-state index >= 15 is 0 Å². The van der Waals surface area contributed by atoms with Crippen LogP contribution in [0.25, 0.3) is 5.69 Å². The van der Waals surface area contributed by atoms with Crippen LogP contribution in [0.1, 0.15) is 23.0 Å². The first-order chi connectivity index (χ1) is 10.6. The first-order valence-electron chi connectivity index (χ1n) is 7.33. The molecule has 1 aliphatic rings. The molecule has 3 rings (SSSR count). The van der Waals surface area contributed by atoms with Crippen molar-refractivity contribution < 1.29 is 15.0 Å². The summed E-state index contributed by atoms with van der Waals surface area (Å²) in [7, 11) is 0. The Kier molecular flexibility index (Phi) is 3.72. The average molecular weight is 301 g/mol. The highest BCUT2D eigenvalue weighted by Crippen LogP contribution is 2.24. The van der Waals surface area contributed by atoms with Crippen molar-refractivity contribution in [2.75, 3.05) is 19.7 Å². The van der Waals surface area contributed by atoms with Gasteiger partial charge >= 0.3 is 0 Å². The summed E-state index contributed by atoms with van der Waals surface area (Å²) < 4.78 is 1.77. The van der Waals surface area contributed by atoms with Crippen molar-refractivity contribution in [2.24, 2.45) is 0 Å². The minimum Gasteiger partial charge on any atom is -0.393 e. The molecule has 1 saturated heterocycles. The van der Waals surface area contributed by atoms with E-state index in [2.05, 4.69) is 5.10 Å². The molecule has 0 radical (unpaired) electrons. The Hall–Kier alpha value is -2.18. The average Bonchev–Trinajstić information content (AvgIpc) is 2.95. The lowest BCUT2D eigenvalue weighted by molar-refractivity contribution is -0.109. The molecule has 6 heteroatoms. The number of amides is 1. The second-order valence-corrected chi connectivity index (χ2v) is 5.65. The van der Waals surface area contributed by atoms with Gasteiger partial charge in [-0.2, -0.15) is 5.10 Å². The number of rotatable bonds is 4. The van der Waals surface area contributed by atoms with Crippen molar-refractivity contribution in [1.82, 2.24) is 14.7 Å². The molecule has 1 fully saturated rings. The molecule has 1 aromatic heterocycles. The van der Waals surface area contributed by atoms with E-state index in [9.17, 15) is 9.90 Å². The molecule has 2 heterocycles. The molecule has 2 N–H and O–H groups in total. The summed E-state index contributed by atoms with van der Waals surface area (Å²) in [6.07, 6.45) is 2.25. The number of para-hydroxylation sites is 1. The summed E-state index contributed by atoms with van der Waals surface area (Å²) in [6, 6.07) is 9.66. The van der Waals surface area contributed by atoms with E-state index in [1.54, 1.807) is 10.9 Å². The number of carbonyl (C=O) groups excluding carboxylic acids is 1. The van der Waals surface area contributed by atoms with Crippen LogP contribution in [0.2, 0.25) is 0 Å². The molecule has 0 bridgehead atoms. The van der Waals surface area contributed by atoms with Crippen molar-refractivity contribution >= 4 is 5.91 Å². The zero-order valence-corrected chi connectivity index (χ0v) is 12.4. The molecular weight excluding hydrogens is 282 g/mol. The third kappa shape index (κ3) is 2.40. The molecule has 0 unspecified atom stereocenters. The van der Waals surface area contributed by atoms with Crippen LogP contribution in [0, 0.1) is 0 Å². The molecule has 2 aromatic rings. The molecule has 6 nitrogen and oxygen atoms in total. The second-order valence-electron chi connectivity index (χ2n) is 5.65. The number of likely N-dealkylation sites (tertiary alicyclic amines) is 1. The third-order valence-electron chi connectivity index (χ3n) is 3.99. The lowest BCUT2D eigenvalue weighted by atomic mass is 9.94. The Labute approximate surface area is 128 Å². The van der Waals surface area contributed by atoms with Gasteiger partial charge in [0.15, 0.2) is 0 Å². The van der Waals surface area contributed by atoms with Gasteiger partial charge < -0.3 is 15.1 Å². The van der Waals surface area contributed by atoms with Crippen molar-refractivity contribution in [3.63, 3.8) is 0 Å². The number of carbonyl (C=O) groups is 1. The molecule has 0 atom stereocenters. The number of benzene rings is 1. The van der Waals surface area contributed by atoms with Crippen molar-refractivity contribution in [3.05, 3.63) is 47.8 Å². The van der Waals surface area contributed by atoms with E-state index in [1.165, 1.54) is 4.90 Å². The fraction of sp³-hybridized carbons (Fsp3) is 0.375. The minimum absolute atomic E-state index is 0.155. The molecule has 1 amide bonds. The van der Waals surface area contributed by atoms with E-state index in [0.29, 0.717) is 12.0 Å². The second kappa shape index (κ2) is 5.55. The van der Waals surface area contributed by atoms with E-state index < -0.39 is 5.60 Å². The zero-order valence-electron chi connectivity index (χ0n) is 12.4. The zero-order chi connectivity index (χ0) is 15.7. The summed E-state index contributed by atoms with van der Waals surface area (Å²) in [6.45, 7) is 1.96. The van der Waals surface area contributed by atoms with Crippen molar-refractivity contribution in [1.29, 1.82) is 0 Å². The van der Waals surface area contributed by atoms with Gasteiger partial charge in [-0.3, -0.25) is 4.79 Å². The van der Waals surface area contributed by atoms with Gasteiger partial charge in [0.05, 0.1) is 42.8 Å². The van der Waals surface area contributed by atoms with Crippen molar-refractivity contribution in [2.45, 2.75) is 18.9 Å². The highest BCUT2D eigenvalue weighted by molar-refractivity contribution is 5.96. The lowest BCUT2D eigenvalue weighted by Gasteiger charge is -2.45. The molecule has 0 saturated carbocycles. The molecule has 22 heavy (non-hydrogen) atoms. The van der Waals surface area contributed by atoms with E-state index in [-0.39, 0.29) is 25.6 Å². The van der Waals surface area contributed by atoms with Crippen LogP contribution in [-0.2, 0) is 6.42 Å². The molecular formula is C16H19N3O3. The van der Waals surface area contributed by atoms with Crippen molar-refractivity contribution in [3.8, 4) is 5.69 Å². The van der Waals surface area contributed by atoms with Crippen LogP contribution in [0.3, 0.4) is 0 Å². The normalized spacial score (nSPS) is 16.4. The Morgan fingerprint density at radius 1 is 1.32 bits per heavy atom. The van der Waals surface area contributed by atoms with Gasteiger partial charge in [-0.05, 0) is 18.6 Å². The van der Waals surface area contributed by atoms with Gasteiger partial charge in [-0.25, -0.2) is 4.68 Å². The van der Waals surface area contributed by atoms with E-state index in [0.717, 1.165) is 11.4 Å². The van der Waals surface area contributed by atoms with Crippen LogP contribution < -0.4 is 0 Å². The van der Waals surface area contributed by atoms with Crippen LogP contribution in [-0.4, -0.2) is 56.1 Å². The number of aliphatic hydroxyl groups is 2. The lowest BCUT2D eigenvalue weighted by Crippen LogP contribution is -2.65. The number of nitrogens with zero attached hydrogens (tertiary/aromatic N) is 3. The van der Waals surface area contributed by atoms with Crippen LogP contribution in [0.4, 0.5) is 0 Å². The Morgan fingerprint density at radius 3 is 2.59 bits per heavy atom. The first-order valence-corrected chi connectivity index (χ1v) is 7.33. The Balaban J connectivity index is 1.87. The highest BCUT2D eigenvalue weighted by Gasteiger charge is 2.44. The molecule has 0 aliphatic carbocycles. The standard InChI is InChI=1S/C16H19N3O3/c1-2-14-13(15(21)18-9-16(22,10-18)11-20)8-17-19(14)12-6-4-3-5-7-12/h3-8,20,22H,2,9-11H2,1H3. The smallest absolute Gasteiger partial charge is 0.257 e. The predicted octanol–water partition coefficient (Wildman–Crippen LogP) is 0.614. The number of hydrogen-bond donors (Lipinski definition) is 2. The van der Waals surface area contributed by atoms with Crippen LogP contribution in [0.15, 0.2) is 36.5 Å². The SMILES string of the molecule is CCc1c(C(=O)N2CC(O)(CO)C2)cnn1-c1ccccc1. The fourth-order valence-corrected chi connectivity index (χ4v) is 2.76. The largest absolute Gasteiger partial charge is 0.393 e. The highest BCUT2D eigenvalue weighted by atomic mass is 16.3. The molecule has 0 spiro atoms. The molecule has 116 valence electrons. The number of hydrogen-bond acceptors (Lipinski definition) is 4. The third-order valence-corrected chi connectivity index (χ3v) is 3.99. The summed E-state index contributed by atoms with van der Waals surface area (Å²) >= 11 is 0. The van der Waals surface area contributed by atoms with Gasteiger partial charge in [-0.15, -0.1) is 0 Å². The van der Waals surface area contributed by atoms with Gasteiger partial charge in [0.25, 0.3) is 5.91 Å². The van der Waals surface area contributed by atoms with Crippen LogP contribution >= 0.6 is 0 Å². The first kappa shape index (κ1) is 14.7. The molecule has 1 aliphatic heterocycles. The quantitative estimate of drug-likeness (QED) is 0.867. The Morgan fingerprint density at radius 2 is 2.00 bits per heavy atom. The van der Waals surface area contributed by atoms with Gasteiger partial charge in [0.1, 0.15) is 5.60 Å². The van der Waals surface area contributed by atoms with Gasteiger partial charge in [-0.1, -0.05) is 25.1 Å². The maximum Gasteiger partial charge on any atom is 0.257 e. The molecule has 1 aromatic carbocycles. The summed E-state index contributed by atoms with van der Waals surface area (Å²) in [5, 5.41) is 23.2. The van der Waals surface area contributed by atoms with Crippen LogP contribution in [0.5, 0.6) is 0 Å². The summed E-state index contributed by atoms with van der Waals surface area (Å²) in [4.78, 5) is 14.1. The maximum atomic E-state index is 12.5. The number of aliphatic hydroxyl groups excluding tert-OH is 1. The topological polar surface area (TPSA) is 78.6 Å². The summed E-state index contributed by atoms with van der Waals surface area (Å²) in [5.41, 5.74) is 1.15. The Bertz CT molecular complexity index is 675. The van der Waals surface area contributed by atoms with Gasteiger partial charge in [0.2, 0.25) is 0 Å². The van der Waals surface area contributed by atoms with Gasteiger partial charge in [0, 0.05) is 0 Å². The number of aromatic nitrogens is 2. The minimum atomic E-state index is -1.16. The monoisotopic (exact) mass is 301 g/mol. The fourth-order valence-electron chi connectivity index (χ4n) is 2.76. The summed E-state index contributed by atoms with van der Waals surface area (Å²) in [5.74, 6) is -0.155. The van der Waals surface area contributed by atoms with E-state index in [1.807, 2.05) is 37.3 Å². The number of β-amino-alcohol motifs (C(OH)–C–C–N with tert-alkyl or cyclic N) is 1. The van der Waals surface area contributed by atoms with E-state index in [4.69, 9.17) is 5.11 Å².